The van der Waals surface area contributed by atoms with E-state index in [9.17, 15) is 13.2 Å². The molecule has 2 rings (SSSR count). The van der Waals surface area contributed by atoms with Gasteiger partial charge in [-0.3, -0.25) is 0 Å². The van der Waals surface area contributed by atoms with E-state index in [0.29, 0.717) is 5.02 Å². The number of aliphatic hydroxyl groups excluding tert-OH is 1. The third kappa shape index (κ3) is 4.27. The number of benzene rings is 2. The van der Waals surface area contributed by atoms with Crippen molar-refractivity contribution in [2.45, 2.75) is 19.6 Å². The fourth-order valence-electron chi connectivity index (χ4n) is 2.20. The Balaban J connectivity index is 2.33. The van der Waals surface area contributed by atoms with Crippen LogP contribution in [0.4, 0.5) is 18.9 Å². The number of hydrogen-bond donors (Lipinski definition) is 3. The van der Waals surface area contributed by atoms with Gasteiger partial charge in [0.05, 0.1) is 17.9 Å². The summed E-state index contributed by atoms with van der Waals surface area (Å²) in [5.41, 5.74) is 1.05. The zero-order valence-corrected chi connectivity index (χ0v) is 13.6. The van der Waals surface area contributed by atoms with Crippen LogP contribution in [0.1, 0.15) is 22.3 Å². The molecule has 0 aromatic heterocycles. The van der Waals surface area contributed by atoms with Crippen molar-refractivity contribution < 1.29 is 18.3 Å². The smallest absolute Gasteiger partial charge is 0.390 e. The van der Waals surface area contributed by atoms with Gasteiger partial charge >= 0.3 is 6.18 Å². The summed E-state index contributed by atoms with van der Waals surface area (Å²) >= 11 is 6.13. The second-order valence-corrected chi connectivity index (χ2v) is 5.75. The van der Waals surface area contributed by atoms with Crippen molar-refractivity contribution in [3.05, 3.63) is 63.7 Å². The Labute approximate surface area is 142 Å². The highest BCUT2D eigenvalue weighted by molar-refractivity contribution is 6.31. The van der Waals surface area contributed by atoms with E-state index >= 15 is 0 Å². The molecule has 0 heterocycles. The van der Waals surface area contributed by atoms with Crippen molar-refractivity contribution in [1.82, 2.24) is 0 Å². The molecule has 0 saturated carbocycles. The molecule has 128 valence electrons. The molecule has 0 aliphatic heterocycles. The summed E-state index contributed by atoms with van der Waals surface area (Å²) in [4.78, 5) is 0. The number of halogens is 4. The van der Waals surface area contributed by atoms with Gasteiger partial charge in [0, 0.05) is 22.8 Å². The maximum absolute atomic E-state index is 12.9. The highest BCUT2D eigenvalue weighted by atomic mass is 35.5. The summed E-state index contributed by atoms with van der Waals surface area (Å²) in [6.45, 7) is 1.52. The molecule has 0 radical (unpaired) electrons. The molecule has 0 atom stereocenters. The first kappa shape index (κ1) is 18.3. The zero-order chi connectivity index (χ0) is 17.9. The third-order valence-electron chi connectivity index (χ3n) is 3.51. The second-order valence-electron chi connectivity index (χ2n) is 5.34. The standard InChI is InChI=1S/C17H16ClF3N2O/c1-10-2-3-11(14(18)6-10)8-23-16-7-12(17(19,20)21)4-5-13(16)15(22)9-24/h2-7,22-24H,8-9H2,1H3. The number of aliphatic hydroxyl groups is 1. The number of rotatable bonds is 5. The van der Waals surface area contributed by atoms with Crippen LogP contribution in [0.15, 0.2) is 36.4 Å². The molecule has 0 unspecified atom stereocenters. The Bertz CT molecular complexity index is 760. The van der Waals surface area contributed by atoms with Gasteiger partial charge in [0.1, 0.15) is 0 Å². The zero-order valence-electron chi connectivity index (χ0n) is 12.8. The molecule has 24 heavy (non-hydrogen) atoms. The minimum atomic E-state index is -4.49. The minimum absolute atomic E-state index is 0.125. The minimum Gasteiger partial charge on any atom is -0.390 e. The lowest BCUT2D eigenvalue weighted by atomic mass is 10.0. The third-order valence-corrected chi connectivity index (χ3v) is 3.86. The Hall–Kier alpha value is -2.05. The van der Waals surface area contributed by atoms with E-state index in [1.165, 1.54) is 6.07 Å². The van der Waals surface area contributed by atoms with Gasteiger partial charge in [0.25, 0.3) is 0 Å². The Morgan fingerprint density at radius 3 is 2.50 bits per heavy atom. The van der Waals surface area contributed by atoms with E-state index in [0.717, 1.165) is 23.3 Å². The molecule has 0 saturated heterocycles. The van der Waals surface area contributed by atoms with Gasteiger partial charge in [0.15, 0.2) is 0 Å². The van der Waals surface area contributed by atoms with E-state index in [4.69, 9.17) is 22.1 Å². The summed E-state index contributed by atoms with van der Waals surface area (Å²) in [7, 11) is 0. The fourth-order valence-corrected chi connectivity index (χ4v) is 2.50. The average Bonchev–Trinajstić information content (AvgIpc) is 2.52. The van der Waals surface area contributed by atoms with Crippen LogP contribution in [-0.4, -0.2) is 17.4 Å². The van der Waals surface area contributed by atoms with Crippen LogP contribution in [-0.2, 0) is 12.7 Å². The highest BCUT2D eigenvalue weighted by Gasteiger charge is 2.31. The fraction of sp³-hybridized carbons (Fsp3) is 0.235. The molecular weight excluding hydrogens is 341 g/mol. The van der Waals surface area contributed by atoms with Crippen LogP contribution < -0.4 is 5.32 Å². The summed E-state index contributed by atoms with van der Waals surface area (Å²) < 4.78 is 38.7. The maximum Gasteiger partial charge on any atom is 0.416 e. The lowest BCUT2D eigenvalue weighted by molar-refractivity contribution is -0.137. The predicted octanol–water partition coefficient (Wildman–Crippen LogP) is 4.64. The predicted molar refractivity (Wildman–Crippen MR) is 88.9 cm³/mol. The first-order valence-corrected chi connectivity index (χ1v) is 7.49. The molecule has 0 aliphatic carbocycles. The van der Waals surface area contributed by atoms with Gasteiger partial charge in [-0.2, -0.15) is 13.2 Å². The lowest BCUT2D eigenvalue weighted by Gasteiger charge is -2.16. The summed E-state index contributed by atoms with van der Waals surface area (Å²) in [6.07, 6.45) is -4.49. The van der Waals surface area contributed by atoms with Gasteiger partial charge in [-0.1, -0.05) is 29.8 Å². The molecule has 3 nitrogen and oxygen atoms in total. The van der Waals surface area contributed by atoms with Crippen molar-refractivity contribution in [3.63, 3.8) is 0 Å². The van der Waals surface area contributed by atoms with E-state index in [2.05, 4.69) is 5.32 Å². The maximum atomic E-state index is 12.9. The van der Waals surface area contributed by atoms with Crippen molar-refractivity contribution in [3.8, 4) is 0 Å². The van der Waals surface area contributed by atoms with Crippen molar-refractivity contribution >= 4 is 23.0 Å². The van der Waals surface area contributed by atoms with Crippen LogP contribution in [0.5, 0.6) is 0 Å². The van der Waals surface area contributed by atoms with Crippen LogP contribution in [0, 0.1) is 12.3 Å². The second kappa shape index (κ2) is 7.23. The topological polar surface area (TPSA) is 56.1 Å². The Morgan fingerprint density at radius 1 is 1.21 bits per heavy atom. The molecule has 2 aromatic carbocycles. The van der Waals surface area contributed by atoms with E-state index in [1.807, 2.05) is 13.0 Å². The summed E-state index contributed by atoms with van der Waals surface area (Å²) in [6, 6.07) is 8.41. The average molecular weight is 357 g/mol. The van der Waals surface area contributed by atoms with Gasteiger partial charge in [-0.05, 0) is 36.2 Å². The normalized spacial score (nSPS) is 11.4. The molecular formula is C17H16ClF3N2O. The highest BCUT2D eigenvalue weighted by Crippen LogP contribution is 2.32. The van der Waals surface area contributed by atoms with E-state index in [1.54, 1.807) is 12.1 Å². The summed E-state index contributed by atoms with van der Waals surface area (Å²) in [5, 5.41) is 20.2. The molecule has 0 aliphatic rings. The Kier molecular flexibility index (Phi) is 5.51. The number of alkyl halides is 3. The van der Waals surface area contributed by atoms with Crippen LogP contribution in [0.2, 0.25) is 5.02 Å². The van der Waals surface area contributed by atoms with Crippen LogP contribution in [0.25, 0.3) is 0 Å². The van der Waals surface area contributed by atoms with Crippen molar-refractivity contribution in [2.75, 3.05) is 11.9 Å². The number of hydrogen-bond acceptors (Lipinski definition) is 3. The molecule has 2 aromatic rings. The molecule has 0 bridgehead atoms. The van der Waals surface area contributed by atoms with Crippen LogP contribution in [0.3, 0.4) is 0 Å². The van der Waals surface area contributed by atoms with E-state index in [-0.39, 0.29) is 23.5 Å². The summed E-state index contributed by atoms with van der Waals surface area (Å²) in [5.74, 6) is 0. The molecule has 7 heteroatoms. The molecule has 0 fully saturated rings. The van der Waals surface area contributed by atoms with Gasteiger partial charge < -0.3 is 15.8 Å². The number of aryl methyl sites for hydroxylation is 1. The first-order chi connectivity index (χ1) is 11.2. The van der Waals surface area contributed by atoms with Gasteiger partial charge in [0.2, 0.25) is 0 Å². The van der Waals surface area contributed by atoms with Crippen LogP contribution >= 0.6 is 11.6 Å². The lowest BCUT2D eigenvalue weighted by Crippen LogP contribution is -2.13. The monoisotopic (exact) mass is 356 g/mol. The molecule has 3 N–H and O–H groups in total. The van der Waals surface area contributed by atoms with Gasteiger partial charge in [-0.25, -0.2) is 0 Å². The van der Waals surface area contributed by atoms with Crippen molar-refractivity contribution in [1.29, 1.82) is 5.41 Å². The largest absolute Gasteiger partial charge is 0.416 e. The molecule has 0 amide bonds. The van der Waals surface area contributed by atoms with E-state index < -0.39 is 18.3 Å². The molecule has 0 spiro atoms. The SMILES string of the molecule is Cc1ccc(CNc2cc(C(F)(F)F)ccc2C(=N)CO)c(Cl)c1. The van der Waals surface area contributed by atoms with Gasteiger partial charge in [-0.15, -0.1) is 0 Å². The number of anilines is 1. The quantitative estimate of drug-likeness (QED) is 0.683. The Morgan fingerprint density at radius 2 is 1.92 bits per heavy atom. The number of nitrogens with one attached hydrogen (secondary N) is 2. The first-order valence-electron chi connectivity index (χ1n) is 7.11. The van der Waals surface area contributed by atoms with Crippen molar-refractivity contribution in [2.24, 2.45) is 0 Å².